The molecular formula is C16H17NO. The van der Waals surface area contributed by atoms with E-state index in [0.29, 0.717) is 0 Å². The Kier molecular flexibility index (Phi) is 3.11. The fraction of sp³-hybridized carbons (Fsp3) is 0.312. The number of fused-ring (bicyclic) bond motifs is 1. The van der Waals surface area contributed by atoms with Crippen LogP contribution in [0.1, 0.15) is 29.6 Å². The summed E-state index contributed by atoms with van der Waals surface area (Å²) in [7, 11) is 0. The molecular weight excluding hydrogens is 222 g/mol. The Morgan fingerprint density at radius 2 is 1.89 bits per heavy atom. The Morgan fingerprint density at radius 3 is 2.67 bits per heavy atom. The van der Waals surface area contributed by atoms with Gasteiger partial charge >= 0.3 is 0 Å². The smallest absolute Gasteiger partial charge is 0.179 e. The highest BCUT2D eigenvalue weighted by Gasteiger charge is 2.21. The second-order valence-electron chi connectivity index (χ2n) is 4.93. The SMILES string of the molecule is O=C(c1ccc2ccccc2c1)C1CCCCN1. The summed E-state index contributed by atoms with van der Waals surface area (Å²) >= 11 is 0. The van der Waals surface area contributed by atoms with E-state index in [1.54, 1.807) is 0 Å². The van der Waals surface area contributed by atoms with Crippen molar-refractivity contribution in [3.63, 3.8) is 0 Å². The zero-order chi connectivity index (χ0) is 12.4. The van der Waals surface area contributed by atoms with Crippen molar-refractivity contribution >= 4 is 16.6 Å². The average Bonchev–Trinajstić information content (AvgIpc) is 2.47. The molecule has 1 aliphatic rings. The topological polar surface area (TPSA) is 29.1 Å². The third-order valence-corrected chi connectivity index (χ3v) is 3.66. The lowest BCUT2D eigenvalue weighted by Crippen LogP contribution is -2.40. The zero-order valence-electron chi connectivity index (χ0n) is 10.4. The summed E-state index contributed by atoms with van der Waals surface area (Å²) in [6, 6.07) is 14.2. The van der Waals surface area contributed by atoms with Crippen LogP contribution in [0.4, 0.5) is 0 Å². The first-order valence-corrected chi connectivity index (χ1v) is 6.61. The van der Waals surface area contributed by atoms with Crippen LogP contribution < -0.4 is 5.32 Å². The molecule has 0 spiro atoms. The van der Waals surface area contributed by atoms with Crippen LogP contribution in [-0.4, -0.2) is 18.4 Å². The van der Waals surface area contributed by atoms with E-state index in [1.807, 2.05) is 30.3 Å². The molecule has 0 aromatic heterocycles. The van der Waals surface area contributed by atoms with E-state index in [0.717, 1.165) is 30.3 Å². The van der Waals surface area contributed by atoms with E-state index < -0.39 is 0 Å². The summed E-state index contributed by atoms with van der Waals surface area (Å²) < 4.78 is 0. The molecule has 1 heterocycles. The van der Waals surface area contributed by atoms with Crippen LogP contribution in [0.5, 0.6) is 0 Å². The summed E-state index contributed by atoms with van der Waals surface area (Å²) in [6.07, 6.45) is 3.30. The second-order valence-corrected chi connectivity index (χ2v) is 4.93. The molecule has 1 unspecified atom stereocenters. The van der Waals surface area contributed by atoms with Crippen LogP contribution in [0, 0.1) is 0 Å². The molecule has 0 bridgehead atoms. The molecule has 1 fully saturated rings. The number of piperidine rings is 1. The number of rotatable bonds is 2. The molecule has 3 rings (SSSR count). The van der Waals surface area contributed by atoms with Crippen molar-refractivity contribution in [1.29, 1.82) is 0 Å². The second kappa shape index (κ2) is 4.91. The van der Waals surface area contributed by atoms with Crippen LogP contribution in [0.2, 0.25) is 0 Å². The molecule has 18 heavy (non-hydrogen) atoms. The number of Topliss-reactive ketones (excluding diaryl/α,β-unsaturated/α-hetero) is 1. The highest BCUT2D eigenvalue weighted by molar-refractivity contribution is 6.03. The third-order valence-electron chi connectivity index (χ3n) is 3.66. The van der Waals surface area contributed by atoms with Crippen LogP contribution in [0.25, 0.3) is 10.8 Å². The average molecular weight is 239 g/mol. The van der Waals surface area contributed by atoms with Gasteiger partial charge in [-0.2, -0.15) is 0 Å². The lowest BCUT2D eigenvalue weighted by atomic mass is 9.95. The van der Waals surface area contributed by atoms with Crippen LogP contribution in [-0.2, 0) is 0 Å². The van der Waals surface area contributed by atoms with Crippen LogP contribution >= 0.6 is 0 Å². The standard InChI is InChI=1S/C16H17NO/c18-16(15-7-3-4-10-17-15)14-9-8-12-5-1-2-6-13(12)11-14/h1-2,5-6,8-9,11,15,17H,3-4,7,10H2. The van der Waals surface area contributed by atoms with Gasteiger partial charge in [0.15, 0.2) is 5.78 Å². The number of nitrogens with one attached hydrogen (secondary N) is 1. The Morgan fingerprint density at radius 1 is 1.06 bits per heavy atom. The van der Waals surface area contributed by atoms with Gasteiger partial charge in [-0.05, 0) is 36.2 Å². The number of carbonyl (C=O) groups excluding carboxylic acids is 1. The maximum absolute atomic E-state index is 12.4. The van der Waals surface area contributed by atoms with E-state index in [-0.39, 0.29) is 11.8 Å². The summed E-state index contributed by atoms with van der Waals surface area (Å²) in [4.78, 5) is 12.4. The maximum Gasteiger partial charge on any atom is 0.179 e. The van der Waals surface area contributed by atoms with Crippen molar-refractivity contribution in [1.82, 2.24) is 5.32 Å². The predicted molar refractivity (Wildman–Crippen MR) is 73.9 cm³/mol. The molecule has 0 saturated carbocycles. The molecule has 0 radical (unpaired) electrons. The van der Waals surface area contributed by atoms with Gasteiger partial charge in [-0.15, -0.1) is 0 Å². The van der Waals surface area contributed by atoms with E-state index >= 15 is 0 Å². The van der Waals surface area contributed by atoms with Gasteiger partial charge in [0.2, 0.25) is 0 Å². The molecule has 2 aromatic rings. The Bertz CT molecular complexity index is 570. The van der Waals surface area contributed by atoms with Gasteiger partial charge in [-0.3, -0.25) is 4.79 Å². The van der Waals surface area contributed by atoms with Crippen molar-refractivity contribution in [2.24, 2.45) is 0 Å². The first-order chi connectivity index (χ1) is 8.84. The molecule has 1 atom stereocenters. The number of hydrogen-bond donors (Lipinski definition) is 1. The summed E-state index contributed by atoms with van der Waals surface area (Å²) in [5.74, 6) is 0.237. The van der Waals surface area contributed by atoms with Crippen molar-refractivity contribution in [3.05, 3.63) is 48.0 Å². The number of hydrogen-bond acceptors (Lipinski definition) is 2. The van der Waals surface area contributed by atoms with Crippen LogP contribution in [0.3, 0.4) is 0 Å². The molecule has 1 N–H and O–H groups in total. The van der Waals surface area contributed by atoms with Crippen molar-refractivity contribution < 1.29 is 4.79 Å². The minimum atomic E-state index is 0.0138. The van der Waals surface area contributed by atoms with E-state index in [4.69, 9.17) is 0 Å². The lowest BCUT2D eigenvalue weighted by molar-refractivity contribution is 0.0927. The monoisotopic (exact) mass is 239 g/mol. The van der Waals surface area contributed by atoms with Gasteiger partial charge in [0.25, 0.3) is 0 Å². The molecule has 1 saturated heterocycles. The van der Waals surface area contributed by atoms with Gasteiger partial charge in [0.1, 0.15) is 0 Å². The minimum absolute atomic E-state index is 0.0138. The number of ketones is 1. The highest BCUT2D eigenvalue weighted by Crippen LogP contribution is 2.18. The van der Waals surface area contributed by atoms with Gasteiger partial charge in [-0.1, -0.05) is 42.8 Å². The highest BCUT2D eigenvalue weighted by atomic mass is 16.1. The van der Waals surface area contributed by atoms with E-state index in [2.05, 4.69) is 17.4 Å². The molecule has 0 amide bonds. The number of benzene rings is 2. The fourth-order valence-corrected chi connectivity index (χ4v) is 2.62. The summed E-state index contributed by atoms with van der Waals surface area (Å²) in [6.45, 7) is 0.962. The van der Waals surface area contributed by atoms with E-state index in [1.165, 1.54) is 11.8 Å². The number of carbonyl (C=O) groups is 1. The molecule has 2 heteroatoms. The van der Waals surface area contributed by atoms with Gasteiger partial charge in [-0.25, -0.2) is 0 Å². The first kappa shape index (κ1) is 11.4. The lowest BCUT2D eigenvalue weighted by Gasteiger charge is -2.22. The van der Waals surface area contributed by atoms with Gasteiger partial charge < -0.3 is 5.32 Å². The molecule has 1 aliphatic heterocycles. The predicted octanol–water partition coefficient (Wildman–Crippen LogP) is 3.16. The van der Waals surface area contributed by atoms with Crippen molar-refractivity contribution in [3.8, 4) is 0 Å². The van der Waals surface area contributed by atoms with Crippen molar-refractivity contribution in [2.45, 2.75) is 25.3 Å². The molecule has 2 nitrogen and oxygen atoms in total. The summed E-state index contributed by atoms with van der Waals surface area (Å²) in [5, 5.41) is 5.64. The fourth-order valence-electron chi connectivity index (χ4n) is 2.62. The summed E-state index contributed by atoms with van der Waals surface area (Å²) in [5.41, 5.74) is 0.827. The first-order valence-electron chi connectivity index (χ1n) is 6.61. The molecule has 2 aromatic carbocycles. The molecule has 0 aliphatic carbocycles. The minimum Gasteiger partial charge on any atom is -0.307 e. The Hall–Kier alpha value is -1.67. The van der Waals surface area contributed by atoms with Gasteiger partial charge in [0, 0.05) is 5.56 Å². The maximum atomic E-state index is 12.4. The Balaban J connectivity index is 1.91. The zero-order valence-corrected chi connectivity index (χ0v) is 10.4. The quantitative estimate of drug-likeness (QED) is 0.816. The molecule has 92 valence electrons. The normalized spacial score (nSPS) is 19.9. The van der Waals surface area contributed by atoms with Crippen molar-refractivity contribution in [2.75, 3.05) is 6.54 Å². The third kappa shape index (κ3) is 2.16. The van der Waals surface area contributed by atoms with Gasteiger partial charge in [0.05, 0.1) is 6.04 Å². The largest absolute Gasteiger partial charge is 0.307 e. The van der Waals surface area contributed by atoms with Crippen LogP contribution in [0.15, 0.2) is 42.5 Å². The van der Waals surface area contributed by atoms with E-state index in [9.17, 15) is 4.79 Å². The Labute approximate surface area is 107 Å².